The van der Waals surface area contributed by atoms with Crippen LogP contribution in [0.2, 0.25) is 0 Å². The molecular weight excluding hydrogens is 88.1 g/mol. The average Bonchev–Trinajstić information content (AvgIpc) is 1.87. The zero-order valence-electron chi connectivity index (χ0n) is 4.58. The van der Waals surface area contributed by atoms with Gasteiger partial charge < -0.3 is 0 Å². The van der Waals surface area contributed by atoms with Crippen LogP contribution >= 0.6 is 0 Å². The smallest absolute Gasteiger partial charge is 0.248 e. The Balaban J connectivity index is 3.04. The third-order valence-corrected chi connectivity index (χ3v) is 0.890. The lowest BCUT2D eigenvalue weighted by Crippen LogP contribution is -1.98. The molecule has 2 heteroatoms. The summed E-state index contributed by atoms with van der Waals surface area (Å²) in [5.41, 5.74) is 1.18. The first-order chi connectivity index (χ1) is 3.29. The van der Waals surface area contributed by atoms with Crippen molar-refractivity contribution < 1.29 is 4.98 Å². The molecule has 1 heterocycles. The number of aryl methyl sites for hydroxylation is 2. The van der Waals surface area contributed by atoms with Gasteiger partial charge in [-0.25, -0.2) is 9.97 Å². The molecule has 0 aromatic carbocycles. The number of imidazole rings is 1. The molecule has 0 atom stereocenters. The van der Waals surface area contributed by atoms with Crippen LogP contribution in [-0.2, 0) is 0 Å². The molecule has 0 fully saturated rings. The first-order valence-electron chi connectivity index (χ1n) is 2.33. The maximum absolute atomic E-state index is 3.08. The number of hydrogen-bond donors (Lipinski definition) is 1. The van der Waals surface area contributed by atoms with Crippen LogP contribution in [0.4, 0.5) is 0 Å². The zero-order valence-corrected chi connectivity index (χ0v) is 4.58. The summed E-state index contributed by atoms with van der Waals surface area (Å²) in [6, 6.07) is 0. The maximum Gasteiger partial charge on any atom is 0.248 e. The fourth-order valence-corrected chi connectivity index (χ4v) is 0.584. The zero-order chi connectivity index (χ0) is 5.28. The highest BCUT2D eigenvalue weighted by Gasteiger charge is 1.92. The molecule has 0 bridgehead atoms. The van der Waals surface area contributed by atoms with E-state index in [-0.39, 0.29) is 0 Å². The number of nitrogens with one attached hydrogen (secondary N) is 2. The number of aromatic amines is 2. The average molecular weight is 97.1 g/mol. The monoisotopic (exact) mass is 97.1 g/mol. The van der Waals surface area contributed by atoms with Crippen molar-refractivity contribution in [2.75, 3.05) is 0 Å². The highest BCUT2D eigenvalue weighted by Crippen LogP contribution is 1.83. The van der Waals surface area contributed by atoms with E-state index >= 15 is 0 Å². The molecule has 1 aromatic rings. The van der Waals surface area contributed by atoms with Crippen molar-refractivity contribution >= 4 is 0 Å². The summed E-state index contributed by atoms with van der Waals surface area (Å²) in [7, 11) is 0. The Hall–Kier alpha value is -0.790. The van der Waals surface area contributed by atoms with Crippen LogP contribution in [0.3, 0.4) is 0 Å². The van der Waals surface area contributed by atoms with Gasteiger partial charge in [0.1, 0.15) is 11.9 Å². The van der Waals surface area contributed by atoms with Gasteiger partial charge in [0, 0.05) is 13.8 Å². The first-order valence-corrected chi connectivity index (χ1v) is 2.33. The van der Waals surface area contributed by atoms with Gasteiger partial charge in [0.15, 0.2) is 0 Å². The molecule has 38 valence electrons. The minimum atomic E-state index is 1.11. The van der Waals surface area contributed by atoms with Crippen LogP contribution in [0.1, 0.15) is 11.5 Å². The molecule has 2 nitrogen and oxygen atoms in total. The summed E-state index contributed by atoms with van der Waals surface area (Å²) < 4.78 is 0. The Bertz CT molecular complexity index is 138. The Morgan fingerprint density at radius 3 is 2.43 bits per heavy atom. The quantitative estimate of drug-likeness (QED) is 0.487. The number of rotatable bonds is 0. The molecule has 0 spiro atoms. The Morgan fingerprint density at radius 2 is 2.29 bits per heavy atom. The van der Waals surface area contributed by atoms with Crippen molar-refractivity contribution in [2.45, 2.75) is 13.8 Å². The lowest BCUT2D eigenvalue weighted by Gasteiger charge is -1.64. The van der Waals surface area contributed by atoms with Gasteiger partial charge >= 0.3 is 0 Å². The maximum atomic E-state index is 3.08. The number of H-pyrrole nitrogens is 2. The summed E-state index contributed by atoms with van der Waals surface area (Å²) in [6.45, 7) is 4.01. The molecule has 0 radical (unpaired) electrons. The van der Waals surface area contributed by atoms with Crippen molar-refractivity contribution in [3.05, 3.63) is 17.7 Å². The molecule has 0 aliphatic rings. The molecule has 0 saturated heterocycles. The van der Waals surface area contributed by atoms with E-state index < -0.39 is 0 Å². The van der Waals surface area contributed by atoms with Gasteiger partial charge in [0.25, 0.3) is 0 Å². The molecular formula is C5H9N2+. The van der Waals surface area contributed by atoms with E-state index in [0.717, 1.165) is 5.82 Å². The molecule has 1 aromatic heterocycles. The lowest BCUT2D eigenvalue weighted by atomic mass is 10.6. The SMILES string of the molecule is Cc1c[nH+]c(C)[nH]1. The third-order valence-electron chi connectivity index (χ3n) is 0.890. The minimum absolute atomic E-state index is 1.11. The fourth-order valence-electron chi connectivity index (χ4n) is 0.584. The minimum Gasteiger partial charge on any atom is -0.248 e. The predicted molar refractivity (Wildman–Crippen MR) is 26.8 cm³/mol. The summed E-state index contributed by atoms with van der Waals surface area (Å²) in [5.74, 6) is 1.11. The van der Waals surface area contributed by atoms with Crippen LogP contribution in [-0.4, -0.2) is 4.98 Å². The summed E-state index contributed by atoms with van der Waals surface area (Å²) >= 11 is 0. The van der Waals surface area contributed by atoms with Crippen LogP contribution in [0.5, 0.6) is 0 Å². The van der Waals surface area contributed by atoms with E-state index in [2.05, 4.69) is 9.97 Å². The Labute approximate surface area is 42.6 Å². The van der Waals surface area contributed by atoms with Crippen LogP contribution in [0.15, 0.2) is 6.20 Å². The van der Waals surface area contributed by atoms with E-state index in [4.69, 9.17) is 0 Å². The van der Waals surface area contributed by atoms with Crippen molar-refractivity contribution in [2.24, 2.45) is 0 Å². The van der Waals surface area contributed by atoms with Gasteiger partial charge in [0.2, 0.25) is 5.82 Å². The first kappa shape index (κ1) is 4.37. The normalized spacial score (nSPS) is 9.43. The van der Waals surface area contributed by atoms with Crippen molar-refractivity contribution in [3.63, 3.8) is 0 Å². The summed E-state index contributed by atoms with van der Waals surface area (Å²) in [4.78, 5) is 6.10. The van der Waals surface area contributed by atoms with Gasteiger partial charge in [-0.3, -0.25) is 0 Å². The molecule has 0 unspecified atom stereocenters. The van der Waals surface area contributed by atoms with E-state index in [0.29, 0.717) is 0 Å². The van der Waals surface area contributed by atoms with E-state index in [1.165, 1.54) is 5.69 Å². The van der Waals surface area contributed by atoms with Gasteiger partial charge in [-0.05, 0) is 0 Å². The number of hydrogen-bond acceptors (Lipinski definition) is 0. The highest BCUT2D eigenvalue weighted by molar-refractivity contribution is 4.87. The van der Waals surface area contributed by atoms with Gasteiger partial charge in [-0.1, -0.05) is 0 Å². The molecule has 1 rings (SSSR count). The largest absolute Gasteiger partial charge is 0.248 e. The molecule has 7 heavy (non-hydrogen) atoms. The second kappa shape index (κ2) is 1.37. The van der Waals surface area contributed by atoms with E-state index in [1.54, 1.807) is 0 Å². The van der Waals surface area contributed by atoms with Gasteiger partial charge in [-0.2, -0.15) is 0 Å². The molecule has 2 N–H and O–H groups in total. The molecule has 0 amide bonds. The highest BCUT2D eigenvalue weighted by atomic mass is 14.9. The topological polar surface area (TPSA) is 29.9 Å². The summed E-state index contributed by atoms with van der Waals surface area (Å²) in [6.07, 6.45) is 1.94. The second-order valence-corrected chi connectivity index (χ2v) is 1.72. The third kappa shape index (κ3) is 0.796. The molecule has 0 aliphatic carbocycles. The Morgan fingerprint density at radius 1 is 1.57 bits per heavy atom. The van der Waals surface area contributed by atoms with Crippen molar-refractivity contribution in [1.82, 2.24) is 4.98 Å². The van der Waals surface area contributed by atoms with Crippen molar-refractivity contribution in [3.8, 4) is 0 Å². The van der Waals surface area contributed by atoms with Crippen molar-refractivity contribution in [1.29, 1.82) is 0 Å². The molecule has 0 saturated carbocycles. The predicted octanol–water partition coefficient (Wildman–Crippen LogP) is 0.446. The number of aromatic nitrogens is 2. The van der Waals surface area contributed by atoms with E-state index in [9.17, 15) is 0 Å². The van der Waals surface area contributed by atoms with Gasteiger partial charge in [-0.15, -0.1) is 0 Å². The standard InChI is InChI=1S/C5H8N2/c1-4-3-6-5(2)7-4/h3H,1-2H3,(H,6,7)/p+1. The van der Waals surface area contributed by atoms with Crippen LogP contribution in [0, 0.1) is 13.8 Å². The molecule has 0 aliphatic heterocycles. The van der Waals surface area contributed by atoms with E-state index in [1.807, 2.05) is 20.0 Å². The summed E-state index contributed by atoms with van der Waals surface area (Å²) in [5, 5.41) is 0. The van der Waals surface area contributed by atoms with Crippen LogP contribution < -0.4 is 4.98 Å². The second-order valence-electron chi connectivity index (χ2n) is 1.72. The fraction of sp³-hybridized carbons (Fsp3) is 0.400. The lowest BCUT2D eigenvalue weighted by molar-refractivity contribution is -0.385. The van der Waals surface area contributed by atoms with Crippen LogP contribution in [0.25, 0.3) is 0 Å². The van der Waals surface area contributed by atoms with Gasteiger partial charge in [0.05, 0.1) is 0 Å². The Kier molecular flexibility index (Phi) is 0.855.